The average molecular weight is 549 g/mol. The standard InChI is InChI=1S/C29H28N2O5S2/c1-5-35-25-15-20(11-13-24(25)36-17-27(32)30-22-8-6-7-9-23(22)34-4)16-26-28(33)31(29(37)38-26)21-12-10-18(2)19(3)14-21/h6-16H,5,17H2,1-4H3,(H,30,32). The van der Waals surface area contributed by atoms with Crippen LogP contribution in [0.25, 0.3) is 6.08 Å². The molecule has 1 aliphatic rings. The Morgan fingerprint density at radius 2 is 1.79 bits per heavy atom. The summed E-state index contributed by atoms with van der Waals surface area (Å²) in [7, 11) is 1.54. The van der Waals surface area contributed by atoms with E-state index in [0.29, 0.717) is 38.8 Å². The largest absolute Gasteiger partial charge is 0.495 e. The molecule has 196 valence electrons. The number of carbonyl (C=O) groups excluding carboxylic acids is 2. The fourth-order valence-corrected chi connectivity index (χ4v) is 5.08. The smallest absolute Gasteiger partial charge is 0.270 e. The van der Waals surface area contributed by atoms with Crippen molar-refractivity contribution in [3.05, 3.63) is 82.3 Å². The fraction of sp³-hybridized carbons (Fsp3) is 0.207. The molecular formula is C29H28N2O5S2. The molecule has 1 N–H and O–H groups in total. The Hall–Kier alpha value is -3.82. The molecule has 7 nitrogen and oxygen atoms in total. The maximum Gasteiger partial charge on any atom is 0.270 e. The molecule has 2 amide bonds. The summed E-state index contributed by atoms with van der Waals surface area (Å²) >= 11 is 6.77. The number of para-hydroxylation sites is 2. The van der Waals surface area contributed by atoms with E-state index >= 15 is 0 Å². The van der Waals surface area contributed by atoms with Gasteiger partial charge < -0.3 is 19.5 Å². The highest BCUT2D eigenvalue weighted by Gasteiger charge is 2.33. The van der Waals surface area contributed by atoms with Crippen molar-refractivity contribution in [1.29, 1.82) is 0 Å². The summed E-state index contributed by atoms with van der Waals surface area (Å²) in [5, 5.41) is 2.78. The number of methoxy groups -OCH3 is 1. The zero-order chi connectivity index (χ0) is 27.2. The van der Waals surface area contributed by atoms with Crippen LogP contribution in [0, 0.1) is 13.8 Å². The number of nitrogens with zero attached hydrogens (tertiary/aromatic N) is 1. The minimum Gasteiger partial charge on any atom is -0.495 e. The first-order valence-corrected chi connectivity index (χ1v) is 13.2. The lowest BCUT2D eigenvalue weighted by Crippen LogP contribution is -2.27. The molecule has 3 aromatic carbocycles. The molecule has 0 saturated carbocycles. The van der Waals surface area contributed by atoms with Crippen molar-refractivity contribution in [2.24, 2.45) is 0 Å². The third-order valence-corrected chi connectivity index (χ3v) is 7.15. The normalized spacial score (nSPS) is 14.1. The number of rotatable bonds is 9. The molecule has 38 heavy (non-hydrogen) atoms. The van der Waals surface area contributed by atoms with Gasteiger partial charge >= 0.3 is 0 Å². The van der Waals surface area contributed by atoms with Gasteiger partial charge in [-0.3, -0.25) is 14.5 Å². The minimum atomic E-state index is -0.337. The predicted molar refractivity (Wildman–Crippen MR) is 156 cm³/mol. The van der Waals surface area contributed by atoms with Crippen LogP contribution in [-0.4, -0.2) is 36.5 Å². The maximum atomic E-state index is 13.2. The lowest BCUT2D eigenvalue weighted by atomic mass is 10.1. The second-order valence-electron chi connectivity index (χ2n) is 8.46. The Morgan fingerprint density at radius 1 is 1.00 bits per heavy atom. The number of anilines is 2. The summed E-state index contributed by atoms with van der Waals surface area (Å²) in [5.41, 5.74) is 4.30. The quantitative estimate of drug-likeness (QED) is 0.254. The molecule has 0 unspecified atom stereocenters. The van der Waals surface area contributed by atoms with E-state index in [4.69, 9.17) is 26.4 Å². The summed E-state index contributed by atoms with van der Waals surface area (Å²) in [6, 6.07) is 18.3. The topological polar surface area (TPSA) is 77.1 Å². The minimum absolute atomic E-state index is 0.172. The van der Waals surface area contributed by atoms with E-state index < -0.39 is 0 Å². The highest BCUT2D eigenvalue weighted by molar-refractivity contribution is 8.27. The third kappa shape index (κ3) is 6.17. The molecular weight excluding hydrogens is 520 g/mol. The van der Waals surface area contributed by atoms with Crippen molar-refractivity contribution < 1.29 is 23.8 Å². The Kier molecular flexibility index (Phi) is 8.70. The molecule has 1 saturated heterocycles. The first-order chi connectivity index (χ1) is 18.3. The molecule has 0 atom stereocenters. The summed E-state index contributed by atoms with van der Waals surface area (Å²) in [6.45, 7) is 6.08. The average Bonchev–Trinajstić information content (AvgIpc) is 3.18. The van der Waals surface area contributed by atoms with Crippen LogP contribution in [-0.2, 0) is 9.59 Å². The fourth-order valence-electron chi connectivity index (χ4n) is 3.79. The number of carbonyl (C=O) groups is 2. The van der Waals surface area contributed by atoms with E-state index in [1.54, 1.807) is 54.5 Å². The monoisotopic (exact) mass is 548 g/mol. The predicted octanol–water partition coefficient (Wildman–Crippen LogP) is 6.13. The summed E-state index contributed by atoms with van der Waals surface area (Å²) < 4.78 is 17.3. The number of benzene rings is 3. The first-order valence-electron chi connectivity index (χ1n) is 12.0. The highest BCUT2D eigenvalue weighted by Crippen LogP contribution is 2.38. The van der Waals surface area contributed by atoms with Gasteiger partial charge in [0.15, 0.2) is 22.4 Å². The number of hydrogen-bond acceptors (Lipinski definition) is 7. The van der Waals surface area contributed by atoms with Gasteiger partial charge in [0.2, 0.25) is 0 Å². The molecule has 0 spiro atoms. The van der Waals surface area contributed by atoms with Crippen LogP contribution in [0.3, 0.4) is 0 Å². The Bertz CT molecular complexity index is 1420. The van der Waals surface area contributed by atoms with Crippen molar-refractivity contribution in [2.75, 3.05) is 30.5 Å². The molecule has 0 aromatic heterocycles. The molecule has 4 rings (SSSR count). The van der Waals surface area contributed by atoms with E-state index in [1.165, 1.54) is 11.8 Å². The van der Waals surface area contributed by atoms with Crippen molar-refractivity contribution in [1.82, 2.24) is 0 Å². The van der Waals surface area contributed by atoms with Crippen LogP contribution in [0.4, 0.5) is 11.4 Å². The summed E-state index contributed by atoms with van der Waals surface area (Å²) in [6.07, 6.45) is 1.78. The molecule has 3 aromatic rings. The number of amides is 2. The molecule has 0 bridgehead atoms. The highest BCUT2D eigenvalue weighted by atomic mass is 32.2. The van der Waals surface area contributed by atoms with Crippen molar-refractivity contribution >= 4 is 57.6 Å². The van der Waals surface area contributed by atoms with Gasteiger partial charge in [0.1, 0.15) is 5.75 Å². The van der Waals surface area contributed by atoms with E-state index in [1.807, 2.05) is 45.0 Å². The SMILES string of the molecule is CCOc1cc(C=C2SC(=S)N(c3ccc(C)c(C)c3)C2=O)ccc1OCC(=O)Nc1ccccc1OC. The lowest BCUT2D eigenvalue weighted by Gasteiger charge is -2.16. The zero-order valence-corrected chi connectivity index (χ0v) is 23.2. The van der Waals surface area contributed by atoms with E-state index in [9.17, 15) is 9.59 Å². The van der Waals surface area contributed by atoms with Gasteiger partial charge in [-0.05, 0) is 79.9 Å². The first kappa shape index (κ1) is 27.2. The van der Waals surface area contributed by atoms with Crippen LogP contribution < -0.4 is 24.4 Å². The van der Waals surface area contributed by atoms with Crippen LogP contribution in [0.1, 0.15) is 23.6 Å². The second-order valence-corrected chi connectivity index (χ2v) is 10.1. The van der Waals surface area contributed by atoms with Crippen LogP contribution in [0.2, 0.25) is 0 Å². The number of hydrogen-bond donors (Lipinski definition) is 1. The third-order valence-electron chi connectivity index (χ3n) is 5.85. The molecule has 0 aliphatic carbocycles. The number of aryl methyl sites for hydroxylation is 2. The van der Waals surface area contributed by atoms with Crippen molar-refractivity contribution in [3.63, 3.8) is 0 Å². The van der Waals surface area contributed by atoms with Gasteiger partial charge in [-0.2, -0.15) is 0 Å². The van der Waals surface area contributed by atoms with Gasteiger partial charge in [-0.25, -0.2) is 0 Å². The van der Waals surface area contributed by atoms with E-state index in [2.05, 4.69) is 5.32 Å². The molecule has 0 radical (unpaired) electrons. The zero-order valence-electron chi connectivity index (χ0n) is 21.6. The number of thiocarbonyl (C=S) groups is 1. The van der Waals surface area contributed by atoms with E-state index in [0.717, 1.165) is 22.4 Å². The number of nitrogens with one attached hydrogen (secondary N) is 1. The molecule has 1 heterocycles. The van der Waals surface area contributed by atoms with Crippen LogP contribution >= 0.6 is 24.0 Å². The summed E-state index contributed by atoms with van der Waals surface area (Å²) in [4.78, 5) is 27.8. The van der Waals surface area contributed by atoms with Crippen molar-refractivity contribution in [2.45, 2.75) is 20.8 Å². The molecule has 9 heteroatoms. The van der Waals surface area contributed by atoms with Gasteiger partial charge in [-0.1, -0.05) is 48.2 Å². The van der Waals surface area contributed by atoms with Crippen LogP contribution in [0.15, 0.2) is 65.6 Å². The number of thioether (sulfide) groups is 1. The maximum absolute atomic E-state index is 13.2. The van der Waals surface area contributed by atoms with Crippen molar-refractivity contribution in [3.8, 4) is 17.2 Å². The number of ether oxygens (including phenoxy) is 3. The Balaban J connectivity index is 1.48. The van der Waals surface area contributed by atoms with E-state index in [-0.39, 0.29) is 18.4 Å². The molecule has 1 fully saturated rings. The van der Waals surface area contributed by atoms with Gasteiger partial charge in [0.25, 0.3) is 11.8 Å². The van der Waals surface area contributed by atoms with Gasteiger partial charge in [-0.15, -0.1) is 0 Å². The lowest BCUT2D eigenvalue weighted by molar-refractivity contribution is -0.118. The van der Waals surface area contributed by atoms with Gasteiger partial charge in [0.05, 0.1) is 30.0 Å². The molecule has 1 aliphatic heterocycles. The Morgan fingerprint density at radius 3 is 2.53 bits per heavy atom. The Labute approximate surface area is 231 Å². The van der Waals surface area contributed by atoms with Gasteiger partial charge in [0, 0.05) is 0 Å². The summed E-state index contributed by atoms with van der Waals surface area (Å²) in [5.74, 6) is 0.937. The second kappa shape index (κ2) is 12.1. The van der Waals surface area contributed by atoms with Crippen LogP contribution in [0.5, 0.6) is 17.2 Å².